The van der Waals surface area contributed by atoms with Crippen LogP contribution in [0.15, 0.2) is 47.4 Å². The van der Waals surface area contributed by atoms with Crippen LogP contribution in [0, 0.1) is 0 Å². The molecule has 8 nitrogen and oxygen atoms in total. The largest absolute Gasteiger partial charge is 0.377 e. The van der Waals surface area contributed by atoms with E-state index in [0.29, 0.717) is 19.1 Å². The van der Waals surface area contributed by atoms with Gasteiger partial charge in [0.15, 0.2) is 0 Å². The summed E-state index contributed by atoms with van der Waals surface area (Å²) in [4.78, 5) is 17.2. The Kier molecular flexibility index (Phi) is 6.29. The molecule has 0 radical (unpaired) electrons. The fourth-order valence-corrected chi connectivity index (χ4v) is 5.19. The molecule has 10 heteroatoms. The van der Waals surface area contributed by atoms with Gasteiger partial charge >= 0.3 is 0 Å². The topological polar surface area (TPSA) is 102 Å². The van der Waals surface area contributed by atoms with E-state index in [4.69, 9.17) is 16.3 Å². The first-order chi connectivity index (χ1) is 14.9. The number of rotatable bonds is 7. The number of benzene rings is 2. The van der Waals surface area contributed by atoms with E-state index in [1.165, 1.54) is 18.2 Å². The van der Waals surface area contributed by atoms with E-state index in [0.717, 1.165) is 23.9 Å². The van der Waals surface area contributed by atoms with Crippen LogP contribution in [0.2, 0.25) is 5.02 Å². The number of aromatic nitrogens is 2. The molecule has 0 saturated carbocycles. The van der Waals surface area contributed by atoms with Crippen molar-refractivity contribution in [3.05, 3.63) is 53.1 Å². The quantitative estimate of drug-likeness (QED) is 0.560. The van der Waals surface area contributed by atoms with Gasteiger partial charge in [-0.15, -0.1) is 0 Å². The molecule has 0 spiro atoms. The van der Waals surface area contributed by atoms with Crippen LogP contribution < -0.4 is 10.0 Å². The molecule has 0 unspecified atom stereocenters. The first-order valence-corrected chi connectivity index (χ1v) is 11.9. The van der Waals surface area contributed by atoms with Crippen molar-refractivity contribution in [1.82, 2.24) is 14.3 Å². The Labute approximate surface area is 185 Å². The van der Waals surface area contributed by atoms with E-state index in [9.17, 15) is 13.2 Å². The molecular weight excluding hydrogens is 440 g/mol. The van der Waals surface area contributed by atoms with Crippen LogP contribution in [0.4, 0.5) is 5.95 Å². The molecule has 1 aromatic heterocycles. The van der Waals surface area contributed by atoms with Crippen molar-refractivity contribution in [2.75, 3.05) is 18.5 Å². The van der Waals surface area contributed by atoms with E-state index < -0.39 is 15.9 Å². The van der Waals surface area contributed by atoms with E-state index in [2.05, 4.69) is 15.0 Å². The van der Waals surface area contributed by atoms with Crippen LogP contribution in [0.25, 0.3) is 11.0 Å². The van der Waals surface area contributed by atoms with Gasteiger partial charge in [0.2, 0.25) is 16.0 Å². The van der Waals surface area contributed by atoms with Gasteiger partial charge in [-0.1, -0.05) is 23.7 Å². The average Bonchev–Trinajstić information content (AvgIpc) is 3.39. The zero-order valence-corrected chi connectivity index (χ0v) is 18.5. The number of halogens is 1. The number of fused-ring (bicyclic) bond motifs is 1. The molecule has 2 N–H and O–H groups in total. The van der Waals surface area contributed by atoms with Gasteiger partial charge in [0.05, 0.1) is 22.2 Å². The van der Waals surface area contributed by atoms with Gasteiger partial charge < -0.3 is 9.30 Å². The van der Waals surface area contributed by atoms with Gasteiger partial charge in [0.25, 0.3) is 5.91 Å². The number of hydrogen-bond donors (Lipinski definition) is 2. The number of carbonyl (C=O) groups is 1. The fourth-order valence-electron chi connectivity index (χ4n) is 3.60. The first-order valence-electron chi connectivity index (χ1n) is 10.1. The third-order valence-corrected chi connectivity index (χ3v) is 7.11. The normalized spacial score (nSPS) is 16.6. The molecule has 0 aliphatic carbocycles. The van der Waals surface area contributed by atoms with Crippen LogP contribution in [0.3, 0.4) is 0 Å². The Morgan fingerprint density at radius 1 is 1.29 bits per heavy atom. The minimum Gasteiger partial charge on any atom is -0.377 e. The molecule has 1 amide bonds. The summed E-state index contributed by atoms with van der Waals surface area (Å²) in [5.74, 6) is -0.0817. The molecule has 2 aromatic carbocycles. The number of ether oxygens (including phenoxy) is 1. The lowest BCUT2D eigenvalue weighted by atomic mass is 10.2. The zero-order valence-electron chi connectivity index (χ0n) is 17.0. The van der Waals surface area contributed by atoms with E-state index in [1.807, 2.05) is 35.8 Å². The Hall–Kier alpha value is -2.46. The number of carbonyl (C=O) groups excluding carboxylic acids is 1. The van der Waals surface area contributed by atoms with E-state index in [1.54, 1.807) is 0 Å². The second-order valence-electron chi connectivity index (χ2n) is 7.25. The highest BCUT2D eigenvalue weighted by Crippen LogP contribution is 2.25. The monoisotopic (exact) mass is 462 g/mol. The highest BCUT2D eigenvalue weighted by Gasteiger charge is 2.24. The van der Waals surface area contributed by atoms with Crippen molar-refractivity contribution < 1.29 is 17.9 Å². The number of amides is 1. The third kappa shape index (κ3) is 4.59. The molecule has 0 bridgehead atoms. The summed E-state index contributed by atoms with van der Waals surface area (Å²) in [6.45, 7) is 3.36. The number of nitrogens with zero attached hydrogens (tertiary/aromatic N) is 2. The van der Waals surface area contributed by atoms with Crippen molar-refractivity contribution in [2.24, 2.45) is 0 Å². The summed E-state index contributed by atoms with van der Waals surface area (Å²) >= 11 is 6.14. The van der Waals surface area contributed by atoms with Crippen molar-refractivity contribution in [2.45, 2.75) is 37.3 Å². The zero-order chi connectivity index (χ0) is 22.0. The Balaban J connectivity index is 1.57. The number of hydrogen-bond acceptors (Lipinski definition) is 5. The standard InChI is InChI=1S/C21H23ClN4O4S/c1-2-26-18-8-4-3-7-17(18)24-21(26)25-20(27)14-9-10-16(22)19(12-14)31(28,29)23-13-15-6-5-11-30-15/h3-4,7-10,12,15,23H,2,5-6,11,13H2,1H3,(H,24,25,27)/t15-/m1/s1. The second kappa shape index (κ2) is 8.96. The van der Waals surface area contributed by atoms with Crippen molar-refractivity contribution >= 4 is 44.5 Å². The van der Waals surface area contributed by atoms with Crippen LogP contribution in [0.5, 0.6) is 0 Å². The van der Waals surface area contributed by atoms with E-state index in [-0.39, 0.29) is 28.1 Å². The molecule has 1 saturated heterocycles. The molecule has 1 atom stereocenters. The molecule has 1 aliphatic heterocycles. The molecule has 4 rings (SSSR count). The predicted molar refractivity (Wildman–Crippen MR) is 119 cm³/mol. The highest BCUT2D eigenvalue weighted by molar-refractivity contribution is 7.89. The van der Waals surface area contributed by atoms with Gasteiger partial charge in [-0.25, -0.2) is 18.1 Å². The molecule has 2 heterocycles. The smallest absolute Gasteiger partial charge is 0.258 e. The Bertz CT molecular complexity index is 1220. The van der Waals surface area contributed by atoms with Gasteiger partial charge in [-0.3, -0.25) is 10.1 Å². The number of aryl methyl sites for hydroxylation is 1. The summed E-state index contributed by atoms with van der Waals surface area (Å²) in [5.41, 5.74) is 1.83. The lowest BCUT2D eigenvalue weighted by molar-refractivity contribution is 0.102. The highest BCUT2D eigenvalue weighted by atomic mass is 35.5. The molecule has 1 aliphatic rings. The van der Waals surface area contributed by atoms with Crippen molar-refractivity contribution in [3.63, 3.8) is 0 Å². The second-order valence-corrected chi connectivity index (χ2v) is 9.40. The minimum absolute atomic E-state index is 0.0391. The summed E-state index contributed by atoms with van der Waals surface area (Å²) in [6.07, 6.45) is 1.56. The lowest BCUT2D eigenvalue weighted by Crippen LogP contribution is -2.32. The van der Waals surface area contributed by atoms with Crippen LogP contribution in [-0.4, -0.2) is 43.1 Å². The van der Waals surface area contributed by atoms with Crippen molar-refractivity contribution in [3.8, 4) is 0 Å². The van der Waals surface area contributed by atoms with Crippen LogP contribution in [0.1, 0.15) is 30.1 Å². The number of para-hydroxylation sites is 2. The third-order valence-electron chi connectivity index (χ3n) is 5.20. The number of anilines is 1. The Morgan fingerprint density at radius 2 is 2.10 bits per heavy atom. The lowest BCUT2D eigenvalue weighted by Gasteiger charge is -2.13. The predicted octanol–water partition coefficient (Wildman–Crippen LogP) is 3.42. The Morgan fingerprint density at radius 3 is 2.84 bits per heavy atom. The molecular formula is C21H23ClN4O4S. The summed E-state index contributed by atoms with van der Waals surface area (Å²) < 4.78 is 35.4. The minimum atomic E-state index is -3.90. The maximum Gasteiger partial charge on any atom is 0.258 e. The summed E-state index contributed by atoms with van der Waals surface area (Å²) in [6, 6.07) is 11.7. The number of imidazole rings is 1. The molecule has 3 aromatic rings. The SMILES string of the molecule is CCn1c(NC(=O)c2ccc(Cl)c(S(=O)(=O)NC[C@H]3CCCO3)c2)nc2ccccc21. The van der Waals surface area contributed by atoms with Crippen LogP contribution in [-0.2, 0) is 21.3 Å². The van der Waals surface area contributed by atoms with Gasteiger partial charge in [-0.05, 0) is 50.1 Å². The maximum absolute atomic E-state index is 12.9. The molecule has 164 valence electrons. The van der Waals surface area contributed by atoms with Gasteiger partial charge in [-0.2, -0.15) is 0 Å². The molecule has 31 heavy (non-hydrogen) atoms. The summed E-state index contributed by atoms with van der Waals surface area (Å²) in [7, 11) is -3.90. The average molecular weight is 463 g/mol. The van der Waals surface area contributed by atoms with E-state index >= 15 is 0 Å². The first kappa shape index (κ1) is 21.8. The van der Waals surface area contributed by atoms with Gasteiger partial charge in [0.1, 0.15) is 4.90 Å². The maximum atomic E-state index is 12.9. The number of nitrogens with one attached hydrogen (secondary N) is 2. The van der Waals surface area contributed by atoms with Gasteiger partial charge in [0, 0.05) is 25.3 Å². The van der Waals surface area contributed by atoms with Crippen LogP contribution >= 0.6 is 11.6 Å². The fraction of sp³-hybridized carbons (Fsp3) is 0.333. The molecule has 1 fully saturated rings. The number of sulfonamides is 1. The van der Waals surface area contributed by atoms with Crippen molar-refractivity contribution in [1.29, 1.82) is 0 Å². The summed E-state index contributed by atoms with van der Waals surface area (Å²) in [5, 5.41) is 2.82.